The number of aryl methyl sites for hydroxylation is 3. The number of unbranched alkanes of at least 4 members (excludes halogenated alkanes) is 1. The molecule has 0 unspecified atom stereocenters. The van der Waals surface area contributed by atoms with E-state index in [1.807, 2.05) is 0 Å². The van der Waals surface area contributed by atoms with Gasteiger partial charge in [-0.3, -0.25) is 4.79 Å². The van der Waals surface area contributed by atoms with E-state index in [9.17, 15) is 4.79 Å². The summed E-state index contributed by atoms with van der Waals surface area (Å²) in [5.74, 6) is 2.52. The van der Waals surface area contributed by atoms with E-state index in [-0.39, 0.29) is 5.91 Å². The highest BCUT2D eigenvalue weighted by molar-refractivity contribution is 7.98. The number of carbonyl (C=O) groups excluding carboxylic acids is 1. The molecule has 0 radical (unpaired) electrons. The van der Waals surface area contributed by atoms with Crippen molar-refractivity contribution in [2.75, 3.05) is 6.54 Å². The fourth-order valence-corrected chi connectivity index (χ4v) is 4.67. The summed E-state index contributed by atoms with van der Waals surface area (Å²) in [4.78, 5) is 12.0. The van der Waals surface area contributed by atoms with E-state index in [2.05, 4.69) is 95.4 Å². The van der Waals surface area contributed by atoms with E-state index in [0.29, 0.717) is 12.3 Å². The highest BCUT2D eigenvalue weighted by Crippen LogP contribution is 2.24. The van der Waals surface area contributed by atoms with Crippen LogP contribution in [0.15, 0.2) is 59.8 Å². The van der Waals surface area contributed by atoms with Gasteiger partial charge in [0.05, 0.1) is 0 Å². The van der Waals surface area contributed by atoms with Crippen molar-refractivity contribution in [2.45, 2.75) is 70.3 Å². The highest BCUT2D eigenvalue weighted by atomic mass is 32.2. The molecule has 5 nitrogen and oxygen atoms in total. The van der Waals surface area contributed by atoms with Crippen molar-refractivity contribution in [1.82, 2.24) is 20.1 Å². The Morgan fingerprint density at radius 2 is 1.76 bits per heavy atom. The molecule has 1 aromatic heterocycles. The molecule has 0 spiro atoms. The predicted molar refractivity (Wildman–Crippen MR) is 136 cm³/mol. The van der Waals surface area contributed by atoms with E-state index in [1.165, 1.54) is 16.7 Å². The molecule has 2 aromatic carbocycles. The van der Waals surface area contributed by atoms with Crippen LogP contribution in [-0.2, 0) is 29.9 Å². The summed E-state index contributed by atoms with van der Waals surface area (Å²) in [6.07, 6.45) is 4.15. The highest BCUT2D eigenvalue weighted by Gasteiger charge is 2.14. The van der Waals surface area contributed by atoms with E-state index >= 15 is 0 Å². The Kier molecular flexibility index (Phi) is 10.0. The number of nitrogens with one attached hydrogen (secondary N) is 1. The molecule has 0 aliphatic carbocycles. The van der Waals surface area contributed by atoms with Crippen LogP contribution < -0.4 is 5.32 Å². The van der Waals surface area contributed by atoms with Gasteiger partial charge in [-0.25, -0.2) is 0 Å². The number of hydrogen-bond acceptors (Lipinski definition) is 4. The third-order valence-electron chi connectivity index (χ3n) is 5.64. The molecule has 0 atom stereocenters. The van der Waals surface area contributed by atoms with Crippen LogP contribution >= 0.6 is 11.8 Å². The SMILES string of the molecule is Cc1ccccc1CSc1nnc(CCCCC(=O)NCC(C)C)n1CCc1ccccc1. The fourth-order valence-electron chi connectivity index (χ4n) is 3.61. The molecule has 0 aliphatic heterocycles. The second-order valence-electron chi connectivity index (χ2n) is 8.91. The zero-order valence-electron chi connectivity index (χ0n) is 20.1. The quantitative estimate of drug-likeness (QED) is 0.264. The number of aromatic nitrogens is 3. The van der Waals surface area contributed by atoms with E-state index in [1.54, 1.807) is 11.8 Å². The standard InChI is InChI=1S/C27H36N4OS/c1-21(2)19-28-26(32)16-10-9-15-25-29-30-27(33-20-24-14-8-7-11-22(24)3)31(25)18-17-23-12-5-4-6-13-23/h4-8,11-14,21H,9-10,15-20H2,1-3H3,(H,28,32). The first-order valence-corrected chi connectivity index (χ1v) is 12.9. The van der Waals surface area contributed by atoms with Crippen molar-refractivity contribution < 1.29 is 4.79 Å². The Morgan fingerprint density at radius 1 is 1.00 bits per heavy atom. The third-order valence-corrected chi connectivity index (χ3v) is 6.66. The maximum atomic E-state index is 12.0. The Balaban J connectivity index is 1.60. The van der Waals surface area contributed by atoms with Gasteiger partial charge in [0.25, 0.3) is 0 Å². The van der Waals surface area contributed by atoms with Crippen LogP contribution in [0, 0.1) is 12.8 Å². The number of thioether (sulfide) groups is 1. The van der Waals surface area contributed by atoms with Gasteiger partial charge in [-0.05, 0) is 48.8 Å². The Labute approximate surface area is 202 Å². The summed E-state index contributed by atoms with van der Waals surface area (Å²) < 4.78 is 2.27. The van der Waals surface area contributed by atoms with Crippen LogP contribution in [0.5, 0.6) is 0 Å². The van der Waals surface area contributed by atoms with Gasteiger partial charge in [-0.2, -0.15) is 0 Å². The first-order chi connectivity index (χ1) is 16.0. The Morgan fingerprint density at radius 3 is 2.52 bits per heavy atom. The molecule has 1 amide bonds. The Hall–Kier alpha value is -2.60. The molecular formula is C27H36N4OS. The minimum atomic E-state index is 0.142. The number of hydrogen-bond donors (Lipinski definition) is 1. The minimum Gasteiger partial charge on any atom is -0.356 e. The molecule has 0 bridgehead atoms. The molecular weight excluding hydrogens is 428 g/mol. The van der Waals surface area contributed by atoms with Gasteiger partial charge in [0.1, 0.15) is 5.82 Å². The number of amides is 1. The van der Waals surface area contributed by atoms with Gasteiger partial charge in [0.15, 0.2) is 5.16 Å². The minimum absolute atomic E-state index is 0.142. The van der Waals surface area contributed by atoms with Crippen LogP contribution in [-0.4, -0.2) is 27.2 Å². The molecule has 3 aromatic rings. The molecule has 6 heteroatoms. The van der Waals surface area contributed by atoms with Crippen molar-refractivity contribution in [2.24, 2.45) is 5.92 Å². The summed E-state index contributed by atoms with van der Waals surface area (Å²) >= 11 is 1.75. The average molecular weight is 465 g/mol. The van der Waals surface area contributed by atoms with Gasteiger partial charge in [-0.1, -0.05) is 80.2 Å². The average Bonchev–Trinajstić information content (AvgIpc) is 3.20. The molecule has 176 valence electrons. The molecule has 33 heavy (non-hydrogen) atoms. The van der Waals surface area contributed by atoms with Crippen molar-refractivity contribution >= 4 is 17.7 Å². The first kappa shape index (κ1) is 25.0. The fraction of sp³-hybridized carbons (Fsp3) is 0.444. The number of carbonyl (C=O) groups is 1. The molecule has 0 saturated carbocycles. The molecule has 3 rings (SSSR count). The molecule has 0 fully saturated rings. The maximum Gasteiger partial charge on any atom is 0.220 e. The molecule has 0 saturated heterocycles. The van der Waals surface area contributed by atoms with Crippen LogP contribution in [0.4, 0.5) is 0 Å². The van der Waals surface area contributed by atoms with Crippen LogP contribution in [0.25, 0.3) is 0 Å². The van der Waals surface area contributed by atoms with Crippen LogP contribution in [0.2, 0.25) is 0 Å². The summed E-state index contributed by atoms with van der Waals surface area (Å²) in [5, 5.41) is 13.0. The lowest BCUT2D eigenvalue weighted by molar-refractivity contribution is -0.121. The number of benzene rings is 2. The van der Waals surface area contributed by atoms with Gasteiger partial charge >= 0.3 is 0 Å². The van der Waals surface area contributed by atoms with Gasteiger partial charge in [0.2, 0.25) is 5.91 Å². The van der Waals surface area contributed by atoms with Crippen molar-refractivity contribution in [1.29, 1.82) is 0 Å². The van der Waals surface area contributed by atoms with Crippen LogP contribution in [0.1, 0.15) is 55.6 Å². The lowest BCUT2D eigenvalue weighted by Gasteiger charge is -2.11. The van der Waals surface area contributed by atoms with Gasteiger partial charge < -0.3 is 9.88 Å². The van der Waals surface area contributed by atoms with Crippen molar-refractivity contribution in [3.8, 4) is 0 Å². The van der Waals surface area contributed by atoms with Crippen molar-refractivity contribution in [3.05, 3.63) is 77.1 Å². The Bertz CT molecular complexity index is 1000. The van der Waals surface area contributed by atoms with E-state index in [0.717, 1.165) is 55.5 Å². The smallest absolute Gasteiger partial charge is 0.220 e. The first-order valence-electron chi connectivity index (χ1n) is 11.9. The summed E-state index contributed by atoms with van der Waals surface area (Å²) in [6.45, 7) is 7.97. The van der Waals surface area contributed by atoms with E-state index < -0.39 is 0 Å². The zero-order valence-corrected chi connectivity index (χ0v) is 20.9. The van der Waals surface area contributed by atoms with Crippen molar-refractivity contribution in [3.63, 3.8) is 0 Å². The molecule has 1 N–H and O–H groups in total. The predicted octanol–water partition coefficient (Wildman–Crippen LogP) is 5.61. The largest absolute Gasteiger partial charge is 0.356 e. The summed E-state index contributed by atoms with van der Waals surface area (Å²) in [7, 11) is 0. The van der Waals surface area contributed by atoms with E-state index in [4.69, 9.17) is 0 Å². The zero-order chi connectivity index (χ0) is 23.5. The van der Waals surface area contributed by atoms with Gasteiger partial charge in [-0.15, -0.1) is 10.2 Å². The maximum absolute atomic E-state index is 12.0. The summed E-state index contributed by atoms with van der Waals surface area (Å²) in [6, 6.07) is 19.0. The number of nitrogens with zero attached hydrogens (tertiary/aromatic N) is 3. The lowest BCUT2D eigenvalue weighted by Crippen LogP contribution is -2.26. The number of rotatable bonds is 13. The third kappa shape index (κ3) is 8.35. The summed E-state index contributed by atoms with van der Waals surface area (Å²) in [5.41, 5.74) is 3.94. The second-order valence-corrected chi connectivity index (χ2v) is 9.85. The molecule has 1 heterocycles. The molecule has 0 aliphatic rings. The normalized spacial score (nSPS) is 11.2. The lowest BCUT2D eigenvalue weighted by atomic mass is 10.1. The second kappa shape index (κ2) is 13.2. The topological polar surface area (TPSA) is 59.8 Å². The van der Waals surface area contributed by atoms with Gasteiger partial charge in [0, 0.05) is 31.7 Å². The van der Waals surface area contributed by atoms with Crippen LogP contribution in [0.3, 0.4) is 0 Å². The monoisotopic (exact) mass is 464 g/mol.